The zero-order chi connectivity index (χ0) is 19.8. The number of carbonyl (C=O) groups is 1. The summed E-state index contributed by atoms with van der Waals surface area (Å²) in [5, 5.41) is 5.05. The van der Waals surface area contributed by atoms with Gasteiger partial charge < -0.3 is 18.9 Å². The van der Waals surface area contributed by atoms with Crippen molar-refractivity contribution in [3.05, 3.63) is 53.2 Å². The van der Waals surface area contributed by atoms with Gasteiger partial charge in [-0.3, -0.25) is 9.69 Å². The normalized spacial score (nSPS) is 16.5. The predicted molar refractivity (Wildman–Crippen MR) is 107 cm³/mol. The Morgan fingerprint density at radius 2 is 1.86 bits per heavy atom. The third-order valence-electron chi connectivity index (χ3n) is 5.59. The molecule has 2 aliphatic rings. The maximum atomic E-state index is 12.8. The Morgan fingerprint density at radius 1 is 1.03 bits per heavy atom. The maximum Gasteiger partial charge on any atom is 0.231 e. The lowest BCUT2D eigenvalue weighted by molar-refractivity contribution is -0.132. The molecule has 0 atom stereocenters. The van der Waals surface area contributed by atoms with E-state index in [9.17, 15) is 4.79 Å². The first-order valence-electron chi connectivity index (χ1n) is 9.89. The van der Waals surface area contributed by atoms with Crippen molar-refractivity contribution in [3.8, 4) is 11.5 Å². The Morgan fingerprint density at radius 3 is 2.72 bits per heavy atom. The number of piperazine rings is 1. The molecule has 2 aromatic carbocycles. The van der Waals surface area contributed by atoms with Gasteiger partial charge in [-0.2, -0.15) is 0 Å². The Labute approximate surface area is 168 Å². The van der Waals surface area contributed by atoms with Crippen LogP contribution in [0.2, 0.25) is 0 Å². The van der Waals surface area contributed by atoms with Crippen molar-refractivity contribution in [2.75, 3.05) is 33.0 Å². The molecule has 150 valence electrons. The molecule has 0 aliphatic carbocycles. The molecule has 5 rings (SSSR count). The molecule has 1 saturated heterocycles. The zero-order valence-electron chi connectivity index (χ0n) is 16.4. The largest absolute Gasteiger partial charge is 0.454 e. The molecule has 0 N–H and O–H groups in total. The zero-order valence-corrected chi connectivity index (χ0v) is 16.4. The van der Waals surface area contributed by atoms with Crippen LogP contribution < -0.4 is 9.47 Å². The summed E-state index contributed by atoms with van der Waals surface area (Å²) in [5.41, 5.74) is 3.77. The van der Waals surface area contributed by atoms with Gasteiger partial charge in [0.15, 0.2) is 17.1 Å². The Balaban J connectivity index is 1.18. The first kappa shape index (κ1) is 18.0. The number of aryl methyl sites for hydroxylation is 1. The molecule has 3 heterocycles. The van der Waals surface area contributed by atoms with Gasteiger partial charge in [-0.25, -0.2) is 0 Å². The second-order valence-corrected chi connectivity index (χ2v) is 7.65. The van der Waals surface area contributed by atoms with Crippen molar-refractivity contribution in [3.63, 3.8) is 0 Å². The number of amides is 1. The van der Waals surface area contributed by atoms with Crippen LogP contribution in [0.15, 0.2) is 40.9 Å². The van der Waals surface area contributed by atoms with Gasteiger partial charge in [-0.15, -0.1) is 0 Å². The number of aromatic nitrogens is 1. The summed E-state index contributed by atoms with van der Waals surface area (Å²) in [4.78, 5) is 17.1. The van der Waals surface area contributed by atoms with Gasteiger partial charge in [0.2, 0.25) is 12.7 Å². The van der Waals surface area contributed by atoms with E-state index < -0.39 is 0 Å². The first-order chi connectivity index (χ1) is 14.2. The maximum absolute atomic E-state index is 12.8. The van der Waals surface area contributed by atoms with Gasteiger partial charge in [-0.05, 0) is 36.8 Å². The average molecular weight is 393 g/mol. The van der Waals surface area contributed by atoms with Crippen molar-refractivity contribution in [2.45, 2.75) is 19.9 Å². The summed E-state index contributed by atoms with van der Waals surface area (Å²) in [6.45, 7) is 6.29. The van der Waals surface area contributed by atoms with E-state index in [1.807, 2.05) is 42.2 Å². The summed E-state index contributed by atoms with van der Waals surface area (Å²) in [6.07, 6.45) is 0.276. The van der Waals surface area contributed by atoms with Crippen LogP contribution in [-0.2, 0) is 17.8 Å². The second-order valence-electron chi connectivity index (χ2n) is 7.65. The lowest BCUT2D eigenvalue weighted by Gasteiger charge is -2.34. The topological polar surface area (TPSA) is 68.0 Å². The molecule has 0 unspecified atom stereocenters. The lowest BCUT2D eigenvalue weighted by atomic mass is 10.1. The molecule has 2 aliphatic heterocycles. The van der Waals surface area contributed by atoms with Gasteiger partial charge in [0, 0.05) is 38.1 Å². The van der Waals surface area contributed by atoms with Crippen LogP contribution in [0, 0.1) is 6.92 Å². The molecular formula is C22H23N3O4. The molecule has 29 heavy (non-hydrogen) atoms. The Kier molecular flexibility index (Phi) is 4.60. The molecule has 3 aromatic rings. The number of hydrogen-bond acceptors (Lipinski definition) is 6. The number of nitrogens with zero attached hydrogens (tertiary/aromatic N) is 3. The van der Waals surface area contributed by atoms with E-state index in [2.05, 4.69) is 16.1 Å². The van der Waals surface area contributed by atoms with E-state index in [1.165, 1.54) is 5.56 Å². The SMILES string of the molecule is Cc1ccc2onc(CC(=O)N3CCN(Cc4ccc5c(c4)OCO5)CC3)c2c1. The molecule has 0 bridgehead atoms. The lowest BCUT2D eigenvalue weighted by Crippen LogP contribution is -2.48. The number of ether oxygens (including phenoxy) is 2. The number of fused-ring (bicyclic) bond motifs is 2. The van der Waals surface area contributed by atoms with Crippen molar-refractivity contribution >= 4 is 16.9 Å². The fraction of sp³-hybridized carbons (Fsp3) is 0.364. The molecule has 7 heteroatoms. The van der Waals surface area contributed by atoms with Gasteiger partial charge >= 0.3 is 0 Å². The van der Waals surface area contributed by atoms with E-state index in [1.54, 1.807) is 0 Å². The van der Waals surface area contributed by atoms with Gasteiger partial charge in [0.25, 0.3) is 0 Å². The Bertz CT molecular complexity index is 1050. The summed E-state index contributed by atoms with van der Waals surface area (Å²) < 4.78 is 16.2. The molecule has 0 saturated carbocycles. The summed E-state index contributed by atoms with van der Waals surface area (Å²) in [7, 11) is 0. The van der Waals surface area contributed by atoms with Crippen molar-refractivity contribution in [2.24, 2.45) is 0 Å². The highest BCUT2D eigenvalue weighted by molar-refractivity contribution is 5.86. The van der Waals surface area contributed by atoms with Crippen molar-refractivity contribution in [1.82, 2.24) is 15.0 Å². The number of rotatable bonds is 4. The van der Waals surface area contributed by atoms with Gasteiger partial charge in [0.05, 0.1) is 6.42 Å². The van der Waals surface area contributed by atoms with Crippen LogP contribution in [0.4, 0.5) is 0 Å². The highest BCUT2D eigenvalue weighted by atomic mass is 16.7. The average Bonchev–Trinajstić information content (AvgIpc) is 3.35. The standard InChI is InChI=1S/C22H23N3O4/c1-15-2-4-19-17(10-15)18(23-29-19)12-22(26)25-8-6-24(7-9-25)13-16-3-5-20-21(11-16)28-14-27-20/h2-5,10-11H,6-9,12-14H2,1H3. The predicted octanol–water partition coefficient (Wildman–Crippen LogP) is 2.75. The molecule has 1 aromatic heterocycles. The monoisotopic (exact) mass is 393 g/mol. The van der Waals surface area contributed by atoms with E-state index in [4.69, 9.17) is 14.0 Å². The van der Waals surface area contributed by atoms with E-state index in [0.29, 0.717) is 6.79 Å². The van der Waals surface area contributed by atoms with Gasteiger partial charge in [0.1, 0.15) is 5.69 Å². The number of benzene rings is 2. The number of carbonyl (C=O) groups excluding carboxylic acids is 1. The third-order valence-corrected chi connectivity index (χ3v) is 5.59. The highest BCUT2D eigenvalue weighted by Gasteiger charge is 2.23. The minimum Gasteiger partial charge on any atom is -0.454 e. The molecule has 0 radical (unpaired) electrons. The minimum absolute atomic E-state index is 0.101. The van der Waals surface area contributed by atoms with E-state index in [0.717, 1.165) is 66.4 Å². The summed E-state index contributed by atoms with van der Waals surface area (Å²) in [5.74, 6) is 1.72. The van der Waals surface area contributed by atoms with Crippen LogP contribution in [0.1, 0.15) is 16.8 Å². The van der Waals surface area contributed by atoms with Crippen LogP contribution in [-0.4, -0.2) is 53.8 Å². The molecule has 1 fully saturated rings. The van der Waals surface area contributed by atoms with E-state index in [-0.39, 0.29) is 12.3 Å². The molecule has 0 spiro atoms. The Hall–Kier alpha value is -3.06. The van der Waals surface area contributed by atoms with Crippen molar-refractivity contribution in [1.29, 1.82) is 0 Å². The van der Waals surface area contributed by atoms with Crippen LogP contribution in [0.25, 0.3) is 11.0 Å². The quantitative estimate of drug-likeness (QED) is 0.679. The molecular weight excluding hydrogens is 370 g/mol. The smallest absolute Gasteiger partial charge is 0.231 e. The molecule has 7 nitrogen and oxygen atoms in total. The van der Waals surface area contributed by atoms with E-state index >= 15 is 0 Å². The second kappa shape index (κ2) is 7.40. The van der Waals surface area contributed by atoms with Crippen molar-refractivity contribution < 1.29 is 18.8 Å². The van der Waals surface area contributed by atoms with Crippen LogP contribution in [0.5, 0.6) is 11.5 Å². The minimum atomic E-state index is 0.101. The third kappa shape index (κ3) is 3.65. The van der Waals surface area contributed by atoms with Gasteiger partial charge in [-0.1, -0.05) is 22.9 Å². The van der Waals surface area contributed by atoms with Crippen LogP contribution in [0.3, 0.4) is 0 Å². The fourth-order valence-electron chi connectivity index (χ4n) is 3.94. The van der Waals surface area contributed by atoms with Crippen LogP contribution >= 0.6 is 0 Å². The summed E-state index contributed by atoms with van der Waals surface area (Å²) in [6, 6.07) is 12.0. The summed E-state index contributed by atoms with van der Waals surface area (Å²) >= 11 is 0. The first-order valence-corrected chi connectivity index (χ1v) is 9.89. The highest BCUT2D eigenvalue weighted by Crippen LogP contribution is 2.32. The fourth-order valence-corrected chi connectivity index (χ4v) is 3.94. The number of hydrogen-bond donors (Lipinski definition) is 0. The molecule has 1 amide bonds.